The highest BCUT2D eigenvalue weighted by molar-refractivity contribution is 7.91. The van der Waals surface area contributed by atoms with Gasteiger partial charge in [-0.25, -0.2) is 13.2 Å². The van der Waals surface area contributed by atoms with Crippen LogP contribution in [0.5, 0.6) is 5.75 Å². The Morgan fingerprint density at radius 3 is 2.67 bits per heavy atom. The third kappa shape index (κ3) is 2.24. The molecule has 0 saturated heterocycles. The number of aromatic hydroxyl groups is 1. The summed E-state index contributed by atoms with van der Waals surface area (Å²) < 4.78 is 28.6. The molecule has 1 heterocycles. The highest BCUT2D eigenvalue weighted by atomic mass is 32.2. The van der Waals surface area contributed by atoms with E-state index in [9.17, 15) is 18.3 Å². The Hall–Kier alpha value is -1.82. The van der Waals surface area contributed by atoms with Gasteiger partial charge in [-0.15, -0.1) is 0 Å². The zero-order valence-electron chi connectivity index (χ0n) is 9.71. The maximum absolute atomic E-state index is 11.9. The van der Waals surface area contributed by atoms with Crippen LogP contribution in [0.25, 0.3) is 11.0 Å². The first-order valence-corrected chi connectivity index (χ1v) is 7.09. The molecule has 2 aromatic rings. The number of phenols is 1. The molecule has 1 aromatic heterocycles. The van der Waals surface area contributed by atoms with E-state index in [1.54, 1.807) is 6.92 Å². The molecule has 0 amide bonds. The smallest absolute Gasteiger partial charge is 0.355 e. The second-order valence-corrected chi connectivity index (χ2v) is 6.02. The van der Waals surface area contributed by atoms with Crippen molar-refractivity contribution in [3.05, 3.63) is 34.7 Å². The Morgan fingerprint density at radius 2 is 2.00 bits per heavy atom. The second kappa shape index (κ2) is 4.45. The van der Waals surface area contributed by atoms with E-state index < -0.39 is 15.5 Å². The Balaban J connectivity index is 2.71. The third-order valence-corrected chi connectivity index (χ3v) is 4.40. The summed E-state index contributed by atoms with van der Waals surface area (Å²) in [6.07, 6.45) is 0.426. The van der Waals surface area contributed by atoms with Crippen molar-refractivity contribution in [3.8, 4) is 5.75 Å². The number of sulfone groups is 1. The van der Waals surface area contributed by atoms with Crippen molar-refractivity contribution in [2.45, 2.75) is 18.2 Å². The molecule has 5 nitrogen and oxygen atoms in total. The van der Waals surface area contributed by atoms with Gasteiger partial charge >= 0.3 is 5.63 Å². The zero-order chi connectivity index (χ0) is 13.3. The van der Waals surface area contributed by atoms with Crippen molar-refractivity contribution in [1.82, 2.24) is 0 Å². The summed E-state index contributed by atoms with van der Waals surface area (Å²) in [6.45, 7) is 1.72. The van der Waals surface area contributed by atoms with E-state index in [-0.39, 0.29) is 22.0 Å². The molecule has 96 valence electrons. The minimum absolute atomic E-state index is 0.0465. The summed E-state index contributed by atoms with van der Waals surface area (Å²) in [5, 5.41) is 9.71. The highest BCUT2D eigenvalue weighted by Crippen LogP contribution is 2.21. The zero-order valence-corrected chi connectivity index (χ0v) is 10.5. The van der Waals surface area contributed by atoms with E-state index in [1.807, 2.05) is 0 Å². The molecule has 18 heavy (non-hydrogen) atoms. The molecule has 0 fully saturated rings. The normalized spacial score (nSPS) is 11.8. The van der Waals surface area contributed by atoms with E-state index in [0.29, 0.717) is 11.8 Å². The monoisotopic (exact) mass is 268 g/mol. The third-order valence-electron chi connectivity index (χ3n) is 2.50. The van der Waals surface area contributed by atoms with Crippen LogP contribution in [-0.4, -0.2) is 19.3 Å². The molecule has 0 radical (unpaired) electrons. The Morgan fingerprint density at radius 1 is 1.28 bits per heavy atom. The predicted octanol–water partition coefficient (Wildman–Crippen LogP) is 1.68. The van der Waals surface area contributed by atoms with E-state index in [4.69, 9.17) is 4.42 Å². The van der Waals surface area contributed by atoms with Crippen LogP contribution in [-0.2, 0) is 9.84 Å². The molecule has 0 spiro atoms. The molecular formula is C12H12O5S. The predicted molar refractivity (Wildman–Crippen MR) is 66.5 cm³/mol. The standard InChI is InChI=1S/C12H12O5S/c1-2-5-18(15,16)11-6-8-3-4-9(13)7-10(8)17-12(11)14/h3-4,6-7,13H,2,5H2,1H3. The fourth-order valence-corrected chi connectivity index (χ4v) is 3.04. The van der Waals surface area contributed by atoms with Crippen molar-refractivity contribution in [2.75, 3.05) is 5.75 Å². The van der Waals surface area contributed by atoms with Crippen molar-refractivity contribution >= 4 is 20.8 Å². The summed E-state index contributed by atoms with van der Waals surface area (Å²) >= 11 is 0. The van der Waals surface area contributed by atoms with Crippen LogP contribution in [0.1, 0.15) is 13.3 Å². The molecule has 6 heteroatoms. The molecule has 1 N–H and O–H groups in total. The number of benzene rings is 1. The molecule has 2 rings (SSSR count). The average molecular weight is 268 g/mol. The minimum atomic E-state index is -3.61. The number of rotatable bonds is 3. The van der Waals surface area contributed by atoms with Gasteiger partial charge in [0.25, 0.3) is 0 Å². The summed E-state index contributed by atoms with van der Waals surface area (Å²) in [4.78, 5) is 11.3. The van der Waals surface area contributed by atoms with Gasteiger partial charge in [0.1, 0.15) is 11.3 Å². The van der Waals surface area contributed by atoms with Gasteiger partial charge < -0.3 is 9.52 Å². The molecule has 0 aliphatic heterocycles. The second-order valence-electron chi connectivity index (χ2n) is 3.94. The lowest BCUT2D eigenvalue weighted by molar-refractivity contribution is 0.472. The Bertz CT molecular complexity index is 743. The molecule has 1 aromatic carbocycles. The lowest BCUT2D eigenvalue weighted by Gasteiger charge is -2.03. The quantitative estimate of drug-likeness (QED) is 0.856. The van der Waals surface area contributed by atoms with Crippen LogP contribution >= 0.6 is 0 Å². The SMILES string of the molecule is CCCS(=O)(=O)c1cc2ccc(O)cc2oc1=O. The molecule has 0 bridgehead atoms. The van der Waals surface area contributed by atoms with E-state index in [2.05, 4.69) is 0 Å². The molecule has 0 saturated carbocycles. The molecule has 0 atom stereocenters. The lowest BCUT2D eigenvalue weighted by Crippen LogP contribution is -2.16. The first kappa shape index (κ1) is 12.6. The summed E-state index contributed by atoms with van der Waals surface area (Å²) in [7, 11) is -3.61. The van der Waals surface area contributed by atoms with Crippen LogP contribution in [0.3, 0.4) is 0 Å². The molecular weight excluding hydrogens is 256 g/mol. The van der Waals surface area contributed by atoms with Crippen molar-refractivity contribution in [1.29, 1.82) is 0 Å². The van der Waals surface area contributed by atoms with Gasteiger partial charge in [-0.2, -0.15) is 0 Å². The van der Waals surface area contributed by atoms with Crippen LogP contribution < -0.4 is 5.63 Å². The highest BCUT2D eigenvalue weighted by Gasteiger charge is 2.19. The van der Waals surface area contributed by atoms with E-state index in [1.165, 1.54) is 24.3 Å². The van der Waals surface area contributed by atoms with Gasteiger partial charge in [0.2, 0.25) is 0 Å². The van der Waals surface area contributed by atoms with E-state index in [0.717, 1.165) is 0 Å². The van der Waals surface area contributed by atoms with Crippen molar-refractivity contribution in [3.63, 3.8) is 0 Å². The van der Waals surface area contributed by atoms with Crippen LogP contribution in [0.4, 0.5) is 0 Å². The van der Waals surface area contributed by atoms with E-state index >= 15 is 0 Å². The maximum atomic E-state index is 11.9. The average Bonchev–Trinajstić information content (AvgIpc) is 2.27. The number of fused-ring (bicyclic) bond motifs is 1. The van der Waals surface area contributed by atoms with Gasteiger partial charge in [-0.1, -0.05) is 6.92 Å². The van der Waals surface area contributed by atoms with Crippen LogP contribution in [0.15, 0.2) is 38.4 Å². The minimum Gasteiger partial charge on any atom is -0.508 e. The summed E-state index contributed by atoms with van der Waals surface area (Å²) in [5.41, 5.74) is -0.739. The van der Waals surface area contributed by atoms with Gasteiger partial charge in [0.15, 0.2) is 14.7 Å². The maximum Gasteiger partial charge on any atom is 0.355 e. The first-order valence-electron chi connectivity index (χ1n) is 5.43. The number of hydrogen-bond donors (Lipinski definition) is 1. The fraction of sp³-hybridized carbons (Fsp3) is 0.250. The number of phenolic OH excluding ortho intramolecular Hbond substituents is 1. The van der Waals surface area contributed by atoms with Gasteiger partial charge in [0.05, 0.1) is 5.75 Å². The van der Waals surface area contributed by atoms with Crippen LogP contribution in [0, 0.1) is 0 Å². The lowest BCUT2D eigenvalue weighted by atomic mass is 10.2. The topological polar surface area (TPSA) is 84.6 Å². The van der Waals surface area contributed by atoms with Gasteiger partial charge in [0, 0.05) is 11.5 Å². The molecule has 0 aliphatic carbocycles. The Kier molecular flexibility index (Phi) is 3.13. The van der Waals surface area contributed by atoms with Crippen molar-refractivity contribution in [2.24, 2.45) is 0 Å². The number of hydrogen-bond acceptors (Lipinski definition) is 5. The summed E-state index contributed by atoms with van der Waals surface area (Å²) in [6, 6.07) is 5.45. The van der Waals surface area contributed by atoms with Gasteiger partial charge in [-0.3, -0.25) is 0 Å². The summed E-state index contributed by atoms with van der Waals surface area (Å²) in [5.74, 6) is -0.142. The largest absolute Gasteiger partial charge is 0.508 e. The van der Waals surface area contributed by atoms with Gasteiger partial charge in [-0.05, 0) is 24.6 Å². The molecule has 0 aliphatic rings. The first-order chi connectivity index (χ1) is 8.44. The molecule has 0 unspecified atom stereocenters. The fourth-order valence-electron chi connectivity index (χ4n) is 1.68. The Labute approximate surface area is 104 Å². The van der Waals surface area contributed by atoms with Crippen LogP contribution in [0.2, 0.25) is 0 Å². The van der Waals surface area contributed by atoms with Crippen molar-refractivity contribution < 1.29 is 17.9 Å².